The number of amides is 1. The number of nitrogens with zero attached hydrogens (tertiary/aromatic N) is 1. The molecule has 0 spiro atoms. The summed E-state index contributed by atoms with van der Waals surface area (Å²) in [7, 11) is 0. The van der Waals surface area contributed by atoms with E-state index in [1.807, 2.05) is 0 Å². The molecule has 1 aromatic rings. The normalized spacial score (nSPS) is 12.2. The van der Waals surface area contributed by atoms with Gasteiger partial charge in [0.05, 0.1) is 0 Å². The van der Waals surface area contributed by atoms with Gasteiger partial charge in [0.2, 0.25) is 11.9 Å². The minimum Gasteiger partial charge on any atom is -0.356 e. The molecule has 88 valence electrons. The van der Waals surface area contributed by atoms with Crippen molar-refractivity contribution < 1.29 is 9.18 Å². The molecule has 1 amide bonds. The van der Waals surface area contributed by atoms with E-state index in [1.165, 1.54) is 13.0 Å². The highest BCUT2D eigenvalue weighted by Gasteiger charge is 2.08. The largest absolute Gasteiger partial charge is 0.356 e. The number of rotatable bonds is 5. The zero-order valence-corrected chi connectivity index (χ0v) is 9.66. The zero-order chi connectivity index (χ0) is 12.0. The van der Waals surface area contributed by atoms with E-state index in [1.54, 1.807) is 12.3 Å². The first-order chi connectivity index (χ1) is 7.61. The van der Waals surface area contributed by atoms with E-state index >= 15 is 0 Å². The maximum absolute atomic E-state index is 12.6. The van der Waals surface area contributed by atoms with Crippen LogP contribution in [0.25, 0.3) is 0 Å². The standard InChI is InChI=1S/C12H17FN2O/c1-3-10(7-14-9(2)16)6-11-4-5-12(13)15-8-11/h4-5,8,10H,3,6-7H2,1-2H3,(H,14,16). The fourth-order valence-corrected chi connectivity index (χ4v) is 1.51. The summed E-state index contributed by atoms with van der Waals surface area (Å²) in [6.07, 6.45) is 3.33. The van der Waals surface area contributed by atoms with E-state index in [0.717, 1.165) is 18.4 Å². The van der Waals surface area contributed by atoms with E-state index in [2.05, 4.69) is 17.2 Å². The Hall–Kier alpha value is -1.45. The van der Waals surface area contributed by atoms with Crippen LogP contribution in [0.2, 0.25) is 0 Å². The Balaban J connectivity index is 2.49. The molecule has 0 aromatic carbocycles. The Bertz CT molecular complexity index is 337. The number of halogens is 1. The molecule has 0 fully saturated rings. The second-order valence-corrected chi connectivity index (χ2v) is 3.90. The lowest BCUT2D eigenvalue weighted by atomic mass is 9.98. The van der Waals surface area contributed by atoms with Crippen molar-refractivity contribution in [1.82, 2.24) is 10.3 Å². The SMILES string of the molecule is CCC(CNC(C)=O)Cc1ccc(F)nc1. The Morgan fingerprint density at radius 1 is 1.56 bits per heavy atom. The number of carbonyl (C=O) groups excluding carboxylic acids is 1. The van der Waals surface area contributed by atoms with Gasteiger partial charge in [0.1, 0.15) is 0 Å². The molecular weight excluding hydrogens is 207 g/mol. The fourth-order valence-electron chi connectivity index (χ4n) is 1.51. The Kier molecular flexibility index (Phi) is 4.89. The fraction of sp³-hybridized carbons (Fsp3) is 0.500. The molecule has 0 saturated carbocycles. The lowest BCUT2D eigenvalue weighted by molar-refractivity contribution is -0.119. The zero-order valence-electron chi connectivity index (χ0n) is 9.66. The molecule has 1 N–H and O–H groups in total. The summed E-state index contributed by atoms with van der Waals surface area (Å²) in [5, 5.41) is 2.79. The highest BCUT2D eigenvalue weighted by atomic mass is 19.1. The van der Waals surface area contributed by atoms with Crippen molar-refractivity contribution in [2.75, 3.05) is 6.54 Å². The summed E-state index contributed by atoms with van der Waals surface area (Å²) in [6, 6.07) is 3.10. The second-order valence-electron chi connectivity index (χ2n) is 3.90. The summed E-state index contributed by atoms with van der Waals surface area (Å²) in [4.78, 5) is 14.4. The van der Waals surface area contributed by atoms with Gasteiger partial charge in [-0.3, -0.25) is 4.79 Å². The van der Waals surface area contributed by atoms with Crippen molar-refractivity contribution in [2.45, 2.75) is 26.7 Å². The maximum Gasteiger partial charge on any atom is 0.216 e. The van der Waals surface area contributed by atoms with Gasteiger partial charge in [-0.2, -0.15) is 4.39 Å². The lowest BCUT2D eigenvalue weighted by Crippen LogP contribution is -2.27. The van der Waals surface area contributed by atoms with Crippen molar-refractivity contribution in [3.63, 3.8) is 0 Å². The maximum atomic E-state index is 12.6. The Morgan fingerprint density at radius 3 is 2.81 bits per heavy atom. The van der Waals surface area contributed by atoms with E-state index < -0.39 is 5.95 Å². The summed E-state index contributed by atoms with van der Waals surface area (Å²) >= 11 is 0. The molecule has 0 bridgehead atoms. The molecule has 1 rings (SSSR count). The van der Waals surface area contributed by atoms with Crippen molar-refractivity contribution in [2.24, 2.45) is 5.92 Å². The molecule has 0 aliphatic rings. The predicted molar refractivity (Wildman–Crippen MR) is 60.4 cm³/mol. The molecule has 1 aromatic heterocycles. The minimum atomic E-state index is -0.460. The summed E-state index contributed by atoms with van der Waals surface area (Å²) < 4.78 is 12.6. The highest BCUT2D eigenvalue weighted by Crippen LogP contribution is 2.10. The number of aromatic nitrogens is 1. The van der Waals surface area contributed by atoms with Gasteiger partial charge in [0.25, 0.3) is 0 Å². The third-order valence-electron chi connectivity index (χ3n) is 2.53. The number of pyridine rings is 1. The van der Waals surface area contributed by atoms with Crippen LogP contribution < -0.4 is 5.32 Å². The van der Waals surface area contributed by atoms with Crippen LogP contribution in [-0.4, -0.2) is 17.4 Å². The van der Waals surface area contributed by atoms with Gasteiger partial charge in [-0.25, -0.2) is 4.98 Å². The summed E-state index contributed by atoms with van der Waals surface area (Å²) in [5.41, 5.74) is 0.999. The summed E-state index contributed by atoms with van der Waals surface area (Å²) in [5.74, 6) is -0.106. The van der Waals surface area contributed by atoms with Crippen LogP contribution in [0, 0.1) is 11.9 Å². The predicted octanol–water partition coefficient (Wildman–Crippen LogP) is 1.93. The highest BCUT2D eigenvalue weighted by molar-refractivity contribution is 5.72. The molecule has 16 heavy (non-hydrogen) atoms. The minimum absolute atomic E-state index is 0.0179. The summed E-state index contributed by atoms with van der Waals surface area (Å²) in [6.45, 7) is 4.23. The van der Waals surface area contributed by atoms with Crippen LogP contribution in [0.15, 0.2) is 18.3 Å². The number of hydrogen-bond donors (Lipinski definition) is 1. The third-order valence-corrected chi connectivity index (χ3v) is 2.53. The molecule has 0 saturated heterocycles. The molecule has 1 unspecified atom stereocenters. The first kappa shape index (κ1) is 12.6. The van der Waals surface area contributed by atoms with Gasteiger partial charge in [-0.05, 0) is 24.0 Å². The van der Waals surface area contributed by atoms with E-state index in [4.69, 9.17) is 0 Å². The second kappa shape index (κ2) is 6.20. The van der Waals surface area contributed by atoms with Crippen LogP contribution in [0.1, 0.15) is 25.8 Å². The van der Waals surface area contributed by atoms with Crippen LogP contribution in [0.3, 0.4) is 0 Å². The van der Waals surface area contributed by atoms with Gasteiger partial charge < -0.3 is 5.32 Å². The molecule has 1 heterocycles. The van der Waals surface area contributed by atoms with Gasteiger partial charge in [0.15, 0.2) is 0 Å². The van der Waals surface area contributed by atoms with Crippen molar-refractivity contribution >= 4 is 5.91 Å². The molecule has 0 aliphatic heterocycles. The molecule has 1 atom stereocenters. The average molecular weight is 224 g/mol. The average Bonchev–Trinajstić information content (AvgIpc) is 2.26. The molecular formula is C12H17FN2O. The van der Waals surface area contributed by atoms with E-state index in [0.29, 0.717) is 12.5 Å². The topological polar surface area (TPSA) is 42.0 Å². The molecule has 4 heteroatoms. The number of hydrogen-bond acceptors (Lipinski definition) is 2. The van der Waals surface area contributed by atoms with Crippen LogP contribution in [-0.2, 0) is 11.2 Å². The number of carbonyl (C=O) groups is 1. The van der Waals surface area contributed by atoms with Crippen molar-refractivity contribution in [1.29, 1.82) is 0 Å². The van der Waals surface area contributed by atoms with Gasteiger partial charge in [0, 0.05) is 19.7 Å². The van der Waals surface area contributed by atoms with Crippen LogP contribution >= 0.6 is 0 Å². The van der Waals surface area contributed by atoms with Crippen LogP contribution in [0.5, 0.6) is 0 Å². The molecule has 3 nitrogen and oxygen atoms in total. The van der Waals surface area contributed by atoms with E-state index in [-0.39, 0.29) is 5.91 Å². The first-order valence-corrected chi connectivity index (χ1v) is 5.46. The smallest absolute Gasteiger partial charge is 0.216 e. The van der Waals surface area contributed by atoms with Gasteiger partial charge in [-0.15, -0.1) is 0 Å². The van der Waals surface area contributed by atoms with Crippen molar-refractivity contribution in [3.05, 3.63) is 29.8 Å². The molecule has 0 radical (unpaired) electrons. The number of nitrogens with one attached hydrogen (secondary N) is 1. The lowest BCUT2D eigenvalue weighted by Gasteiger charge is -2.14. The van der Waals surface area contributed by atoms with Crippen LogP contribution in [0.4, 0.5) is 4.39 Å². The van der Waals surface area contributed by atoms with E-state index in [9.17, 15) is 9.18 Å². The quantitative estimate of drug-likeness (QED) is 0.776. The molecule has 0 aliphatic carbocycles. The van der Waals surface area contributed by atoms with Gasteiger partial charge in [-0.1, -0.05) is 19.4 Å². The Labute approximate surface area is 95.1 Å². The third kappa shape index (κ3) is 4.38. The Morgan fingerprint density at radius 2 is 2.31 bits per heavy atom. The van der Waals surface area contributed by atoms with Crippen molar-refractivity contribution in [3.8, 4) is 0 Å². The monoisotopic (exact) mass is 224 g/mol. The van der Waals surface area contributed by atoms with Gasteiger partial charge >= 0.3 is 0 Å². The first-order valence-electron chi connectivity index (χ1n) is 5.46.